The summed E-state index contributed by atoms with van der Waals surface area (Å²) >= 11 is 0. The van der Waals surface area contributed by atoms with Crippen molar-refractivity contribution in [1.29, 1.82) is 0 Å². The second-order valence-electron chi connectivity index (χ2n) is 10.1. The molecular formula is C30H36N2O3. The van der Waals surface area contributed by atoms with Gasteiger partial charge in [-0.3, -0.25) is 9.69 Å². The summed E-state index contributed by atoms with van der Waals surface area (Å²) in [6.07, 6.45) is 6.58. The molecule has 5 rings (SSSR count). The second-order valence-corrected chi connectivity index (χ2v) is 10.1. The van der Waals surface area contributed by atoms with Crippen LogP contribution < -0.4 is 4.74 Å². The Balaban J connectivity index is 1.33. The smallest absolute Gasteiger partial charge is 0.225 e. The lowest BCUT2D eigenvalue weighted by molar-refractivity contribution is -0.140. The largest absolute Gasteiger partial charge is 0.495 e. The zero-order valence-electron chi connectivity index (χ0n) is 20.7. The minimum atomic E-state index is 0.118. The lowest BCUT2D eigenvalue weighted by Crippen LogP contribution is -2.68. The summed E-state index contributed by atoms with van der Waals surface area (Å²) in [4.78, 5) is 17.8. The highest BCUT2D eigenvalue weighted by Gasteiger charge is 2.49. The molecule has 2 aliphatic heterocycles. The SMILES string of the molecule is COc1ccccc1C#Cc1ccc([C@@H]2[C@@H](CO)N3CCCCN(C(=O)C4CCCC4)C[C@H]23)cc1. The summed E-state index contributed by atoms with van der Waals surface area (Å²) in [5, 5.41) is 10.2. The van der Waals surface area contributed by atoms with Gasteiger partial charge in [0.1, 0.15) is 5.75 Å². The van der Waals surface area contributed by atoms with Gasteiger partial charge in [0.2, 0.25) is 5.91 Å². The van der Waals surface area contributed by atoms with Crippen LogP contribution >= 0.6 is 0 Å². The first-order valence-corrected chi connectivity index (χ1v) is 13.1. The molecule has 184 valence electrons. The van der Waals surface area contributed by atoms with Crippen molar-refractivity contribution in [1.82, 2.24) is 9.80 Å². The van der Waals surface area contributed by atoms with E-state index in [1.165, 1.54) is 18.4 Å². The van der Waals surface area contributed by atoms with E-state index in [1.54, 1.807) is 7.11 Å². The minimum absolute atomic E-state index is 0.118. The van der Waals surface area contributed by atoms with Crippen molar-refractivity contribution < 1.29 is 14.6 Å². The predicted octanol–water partition coefficient (Wildman–Crippen LogP) is 4.04. The Morgan fingerprint density at radius 1 is 1.00 bits per heavy atom. The Labute approximate surface area is 209 Å². The van der Waals surface area contributed by atoms with Crippen molar-refractivity contribution in [3.63, 3.8) is 0 Å². The normalized spacial score (nSPS) is 25.0. The van der Waals surface area contributed by atoms with Crippen molar-refractivity contribution in [2.75, 3.05) is 33.4 Å². The van der Waals surface area contributed by atoms with E-state index in [0.29, 0.717) is 5.91 Å². The van der Waals surface area contributed by atoms with E-state index in [9.17, 15) is 9.90 Å². The molecule has 0 bridgehead atoms. The van der Waals surface area contributed by atoms with Crippen LogP contribution in [-0.4, -0.2) is 66.2 Å². The molecule has 5 heteroatoms. The van der Waals surface area contributed by atoms with E-state index < -0.39 is 0 Å². The van der Waals surface area contributed by atoms with Gasteiger partial charge in [-0.05, 0) is 62.1 Å². The summed E-state index contributed by atoms with van der Waals surface area (Å²) in [7, 11) is 1.66. The number of nitrogens with zero attached hydrogens (tertiary/aromatic N) is 2. The Hall–Kier alpha value is -2.81. The summed E-state index contributed by atoms with van der Waals surface area (Å²) in [6.45, 7) is 2.78. The van der Waals surface area contributed by atoms with E-state index >= 15 is 0 Å². The third-order valence-corrected chi connectivity index (χ3v) is 8.13. The molecule has 3 atom stereocenters. The lowest BCUT2D eigenvalue weighted by atomic mass is 9.74. The molecule has 2 heterocycles. The van der Waals surface area contributed by atoms with Gasteiger partial charge >= 0.3 is 0 Å². The standard InChI is InChI=1S/C30H36N2O3/c1-35-28-11-5-4-8-23(28)15-12-22-13-16-24(17-14-22)29-26-20-31(30(34)25-9-2-3-10-25)18-6-7-19-32(26)27(29)21-33/h4-5,8,11,13-14,16-17,25-27,29,33H,2-3,6-7,9-10,18-21H2,1H3/t26-,27-,29+/m1/s1. The molecule has 3 aliphatic rings. The lowest BCUT2D eigenvalue weighted by Gasteiger charge is -2.57. The number of hydrogen-bond acceptors (Lipinski definition) is 4. The fraction of sp³-hybridized carbons (Fsp3) is 0.500. The summed E-state index contributed by atoms with van der Waals surface area (Å²) < 4.78 is 5.40. The number of fused-ring (bicyclic) bond motifs is 1. The van der Waals surface area contributed by atoms with E-state index in [1.807, 2.05) is 24.3 Å². The zero-order valence-corrected chi connectivity index (χ0v) is 20.7. The van der Waals surface area contributed by atoms with Crippen LogP contribution in [0.2, 0.25) is 0 Å². The molecule has 2 aromatic carbocycles. The molecule has 0 spiro atoms. The number of rotatable bonds is 4. The number of carbonyl (C=O) groups is 1. The Morgan fingerprint density at radius 3 is 2.49 bits per heavy atom. The molecule has 1 saturated carbocycles. The van der Waals surface area contributed by atoms with Crippen LogP contribution in [-0.2, 0) is 4.79 Å². The molecule has 5 nitrogen and oxygen atoms in total. The molecule has 35 heavy (non-hydrogen) atoms. The van der Waals surface area contributed by atoms with Crippen LogP contribution in [0.5, 0.6) is 5.75 Å². The van der Waals surface area contributed by atoms with Crippen LogP contribution in [0.3, 0.4) is 0 Å². The van der Waals surface area contributed by atoms with Crippen LogP contribution in [0.25, 0.3) is 0 Å². The van der Waals surface area contributed by atoms with Gasteiger partial charge in [-0.25, -0.2) is 0 Å². The van der Waals surface area contributed by atoms with Gasteiger partial charge in [-0.2, -0.15) is 0 Å². The van der Waals surface area contributed by atoms with Gasteiger partial charge in [0.05, 0.1) is 19.3 Å². The number of hydrogen-bond donors (Lipinski definition) is 1. The number of methoxy groups -OCH3 is 1. The molecule has 2 saturated heterocycles. The van der Waals surface area contributed by atoms with Gasteiger partial charge in [0.25, 0.3) is 0 Å². The number of para-hydroxylation sites is 1. The maximum atomic E-state index is 13.2. The number of aliphatic hydroxyl groups is 1. The predicted molar refractivity (Wildman–Crippen MR) is 137 cm³/mol. The third-order valence-electron chi connectivity index (χ3n) is 8.13. The molecule has 3 fully saturated rings. The Bertz CT molecular complexity index is 1080. The molecule has 2 aromatic rings. The number of amides is 1. The fourth-order valence-electron chi connectivity index (χ4n) is 6.25. The number of benzene rings is 2. The molecule has 1 N–H and O–H groups in total. The molecule has 0 radical (unpaired) electrons. The number of aliphatic hydroxyl groups excluding tert-OH is 1. The first kappa shape index (κ1) is 23.9. The van der Waals surface area contributed by atoms with Crippen LogP contribution in [0.4, 0.5) is 0 Å². The number of carbonyl (C=O) groups excluding carboxylic acids is 1. The van der Waals surface area contributed by atoms with Crippen LogP contribution in [0.1, 0.15) is 61.1 Å². The van der Waals surface area contributed by atoms with Crippen molar-refractivity contribution in [3.05, 3.63) is 65.2 Å². The topological polar surface area (TPSA) is 53.0 Å². The summed E-state index contributed by atoms with van der Waals surface area (Å²) in [5.74, 6) is 8.05. The second kappa shape index (κ2) is 10.8. The highest BCUT2D eigenvalue weighted by atomic mass is 16.5. The van der Waals surface area contributed by atoms with E-state index in [-0.39, 0.29) is 30.5 Å². The summed E-state index contributed by atoms with van der Waals surface area (Å²) in [6, 6.07) is 16.6. The quantitative estimate of drug-likeness (QED) is 0.683. The van der Waals surface area contributed by atoms with Crippen molar-refractivity contribution >= 4 is 5.91 Å². The van der Waals surface area contributed by atoms with Crippen molar-refractivity contribution in [2.24, 2.45) is 5.92 Å². The monoisotopic (exact) mass is 472 g/mol. The van der Waals surface area contributed by atoms with E-state index in [2.05, 4.69) is 45.9 Å². The van der Waals surface area contributed by atoms with Gasteiger partial charge in [-0.1, -0.05) is 48.9 Å². The van der Waals surface area contributed by atoms with Gasteiger partial charge in [0.15, 0.2) is 0 Å². The maximum Gasteiger partial charge on any atom is 0.225 e. The van der Waals surface area contributed by atoms with E-state index in [0.717, 1.165) is 62.2 Å². The molecule has 0 aromatic heterocycles. The van der Waals surface area contributed by atoms with Crippen molar-refractivity contribution in [3.8, 4) is 17.6 Å². The Morgan fingerprint density at radius 2 is 1.74 bits per heavy atom. The molecule has 1 aliphatic carbocycles. The third kappa shape index (κ3) is 4.96. The molecule has 0 unspecified atom stereocenters. The molecular weight excluding hydrogens is 436 g/mol. The van der Waals surface area contributed by atoms with Crippen molar-refractivity contribution in [2.45, 2.75) is 56.5 Å². The van der Waals surface area contributed by atoms with Gasteiger partial charge < -0.3 is 14.7 Å². The van der Waals surface area contributed by atoms with Crippen LogP contribution in [0, 0.1) is 17.8 Å². The average molecular weight is 473 g/mol. The maximum absolute atomic E-state index is 13.2. The highest BCUT2D eigenvalue weighted by molar-refractivity contribution is 5.79. The zero-order chi connectivity index (χ0) is 24.2. The average Bonchev–Trinajstić information content (AvgIpc) is 3.42. The first-order chi connectivity index (χ1) is 17.2. The molecule has 1 amide bonds. The fourth-order valence-corrected chi connectivity index (χ4v) is 6.25. The first-order valence-electron chi connectivity index (χ1n) is 13.1. The highest BCUT2D eigenvalue weighted by Crippen LogP contribution is 2.42. The van der Waals surface area contributed by atoms with Crippen LogP contribution in [0.15, 0.2) is 48.5 Å². The Kier molecular flexibility index (Phi) is 7.41. The van der Waals surface area contributed by atoms with E-state index in [4.69, 9.17) is 4.74 Å². The van der Waals surface area contributed by atoms with Gasteiger partial charge in [-0.15, -0.1) is 0 Å². The minimum Gasteiger partial charge on any atom is -0.495 e. The van der Waals surface area contributed by atoms with Gasteiger partial charge in [0, 0.05) is 42.6 Å². The number of ether oxygens (including phenoxy) is 1. The summed E-state index contributed by atoms with van der Waals surface area (Å²) in [5.41, 5.74) is 3.05.